The molecule has 0 saturated heterocycles. The molecule has 0 aliphatic carbocycles. The van der Waals surface area contributed by atoms with Crippen LogP contribution in [0.2, 0.25) is 0 Å². The van der Waals surface area contributed by atoms with Crippen molar-refractivity contribution in [1.29, 1.82) is 0 Å². The van der Waals surface area contributed by atoms with E-state index in [1.807, 2.05) is 0 Å². The Hall–Kier alpha value is 0.769. The second kappa shape index (κ2) is 36.0. The molecule has 0 rings (SSSR count). The van der Waals surface area contributed by atoms with E-state index in [0.29, 0.717) is 0 Å². The van der Waals surface area contributed by atoms with E-state index in [4.69, 9.17) is 45.0 Å². The van der Waals surface area contributed by atoms with Crippen molar-refractivity contribution in [2.24, 2.45) is 0 Å². The Bertz CT molecular complexity index is 117. The zero-order valence-electron chi connectivity index (χ0n) is 6.71. The summed E-state index contributed by atoms with van der Waals surface area (Å²) in [6, 6.07) is 0. The smallest absolute Gasteiger partial charge is 0.652 e. The average Bonchev–Trinajstić information content (AvgIpc) is 1.54. The molecule has 16 heavy (non-hydrogen) atoms. The summed E-state index contributed by atoms with van der Waals surface area (Å²) in [5.41, 5.74) is 0. The van der Waals surface area contributed by atoms with Crippen molar-refractivity contribution in [1.82, 2.24) is 0 Å². The van der Waals surface area contributed by atoms with Gasteiger partial charge in [-0.1, -0.05) is 0 Å². The fraction of sp³-hybridized carbons (Fsp3) is 0. The molecule has 0 aliphatic rings. The Kier molecular flexibility index (Phi) is 98.4. The minimum Gasteiger partial charge on any atom is -0.652 e. The Labute approximate surface area is 165 Å². The van der Waals surface area contributed by atoms with E-state index in [1.165, 1.54) is 0 Å². The molecule has 0 aliphatic heterocycles. The maximum Gasteiger partial charge on any atom is 3.00 e. The van der Waals surface area contributed by atoms with Gasteiger partial charge in [0.15, 0.2) is 0 Å². The summed E-state index contributed by atoms with van der Waals surface area (Å²) in [4.78, 5) is 25.0. The summed E-state index contributed by atoms with van der Waals surface area (Å²) < 4.78 is 0. The molecule has 110 valence electrons. The van der Waals surface area contributed by atoms with Crippen LogP contribution < -0.4 is 30.6 Å². The first-order valence-electron chi connectivity index (χ1n) is 1.84. The normalized spacial score (nSPS) is 4.50. The average molecular weight is 562 g/mol. The molecular formula is C3H4O11Yb2. The van der Waals surface area contributed by atoms with Gasteiger partial charge in [0.2, 0.25) is 0 Å². The third-order valence-electron chi connectivity index (χ3n) is 0. The molecule has 0 aromatic heterocycles. The molecule has 0 saturated carbocycles. The number of carbonyl (C=O) groups excluding carboxylic acids is 3. The quantitative estimate of drug-likeness (QED) is 0.271. The minimum absolute atomic E-state index is 0. The molecule has 0 atom stereocenters. The van der Waals surface area contributed by atoms with Gasteiger partial charge in [-0.25, -0.2) is 0 Å². The molecule has 0 fully saturated rings. The Morgan fingerprint density at radius 2 is 0.500 bits per heavy atom. The monoisotopic (exact) mass is 564 g/mol. The van der Waals surface area contributed by atoms with Crippen LogP contribution in [0.1, 0.15) is 0 Å². The molecule has 0 unspecified atom stereocenters. The van der Waals surface area contributed by atoms with Crippen LogP contribution in [0.5, 0.6) is 0 Å². The molecule has 4 N–H and O–H groups in total. The SMILES string of the molecule is O.O.O=C([O-])[O-].O=C([O-])[O-].O=C([O-])[O-].[Yb+3].[Yb+3]. The standard InChI is InChI=1S/3CH2O3.2H2O.2Yb/c3*2-1(3)4;;;;/h3*(H2,2,3,4);2*1H2;;/q;;;;;2*+3/p-6. The molecule has 0 amide bonds. The van der Waals surface area contributed by atoms with Crippen LogP contribution in [0.15, 0.2) is 0 Å². The molecule has 0 aromatic carbocycles. The molecule has 0 spiro atoms. The molecule has 0 heterocycles. The molecule has 0 aromatic rings. The van der Waals surface area contributed by atoms with Crippen molar-refractivity contribution in [3.05, 3.63) is 0 Å². The van der Waals surface area contributed by atoms with Gasteiger partial charge in [0.1, 0.15) is 0 Å². The van der Waals surface area contributed by atoms with Gasteiger partial charge in [0, 0.05) is 0 Å². The number of hydrogen-bond acceptors (Lipinski definition) is 9. The predicted octanol–water partition coefficient (Wildman–Crippen LogP) is -8.99. The fourth-order valence-electron chi connectivity index (χ4n) is 0. The van der Waals surface area contributed by atoms with E-state index >= 15 is 0 Å². The van der Waals surface area contributed by atoms with Crippen LogP contribution in [0.25, 0.3) is 0 Å². The van der Waals surface area contributed by atoms with Crippen LogP contribution in [0.3, 0.4) is 0 Å². The van der Waals surface area contributed by atoms with Crippen LogP contribution in [0, 0.1) is 93.8 Å². The Balaban J connectivity index is -0.0000000135. The summed E-state index contributed by atoms with van der Waals surface area (Å²) in [5, 5.41) is 50.0. The van der Waals surface area contributed by atoms with E-state index in [9.17, 15) is 0 Å². The second-order valence-electron chi connectivity index (χ2n) is 0.750. The Morgan fingerprint density at radius 1 is 0.500 bits per heavy atom. The van der Waals surface area contributed by atoms with Gasteiger partial charge >= 0.3 is 93.8 Å². The van der Waals surface area contributed by atoms with E-state index < -0.39 is 18.5 Å². The van der Waals surface area contributed by atoms with Gasteiger partial charge in [-0.05, 0) is 18.5 Å². The summed E-state index contributed by atoms with van der Waals surface area (Å²) in [6.45, 7) is 0. The van der Waals surface area contributed by atoms with Gasteiger partial charge in [-0.15, -0.1) is 0 Å². The maximum absolute atomic E-state index is 8.33. The van der Waals surface area contributed by atoms with Gasteiger partial charge in [-0.3, -0.25) is 0 Å². The van der Waals surface area contributed by atoms with Crippen molar-refractivity contribution in [2.45, 2.75) is 0 Å². The first kappa shape index (κ1) is 43.7. The van der Waals surface area contributed by atoms with Gasteiger partial charge in [0.05, 0.1) is 0 Å². The van der Waals surface area contributed by atoms with Crippen LogP contribution >= 0.6 is 0 Å². The zero-order valence-corrected chi connectivity index (χ0v) is 10.1. The Morgan fingerprint density at radius 3 is 0.500 bits per heavy atom. The zero-order chi connectivity index (χ0) is 10.7. The minimum atomic E-state index is -2.33. The van der Waals surface area contributed by atoms with Crippen molar-refractivity contribution < 1.29 is 150 Å². The number of carbonyl (C=O) groups is 3. The number of rotatable bonds is 0. The van der Waals surface area contributed by atoms with Crippen molar-refractivity contribution in [2.75, 3.05) is 0 Å². The summed E-state index contributed by atoms with van der Waals surface area (Å²) in [6.07, 6.45) is -7.00. The predicted molar refractivity (Wildman–Crippen MR) is 23.4 cm³/mol. The third-order valence-corrected chi connectivity index (χ3v) is 0. The summed E-state index contributed by atoms with van der Waals surface area (Å²) >= 11 is 0. The maximum atomic E-state index is 8.33. The van der Waals surface area contributed by atoms with E-state index in [0.717, 1.165) is 0 Å². The summed E-state index contributed by atoms with van der Waals surface area (Å²) in [7, 11) is 0. The van der Waals surface area contributed by atoms with Crippen LogP contribution in [-0.4, -0.2) is 29.4 Å². The first-order chi connectivity index (χ1) is 5.20. The van der Waals surface area contributed by atoms with Crippen molar-refractivity contribution in [3.63, 3.8) is 0 Å². The number of carboxylic acid groups (broad SMARTS) is 6. The largest absolute Gasteiger partial charge is 3.00 e. The van der Waals surface area contributed by atoms with Crippen molar-refractivity contribution in [3.8, 4) is 0 Å². The molecule has 0 bridgehead atoms. The van der Waals surface area contributed by atoms with Crippen LogP contribution in [-0.2, 0) is 0 Å². The molecular weight excluding hydrogens is 558 g/mol. The van der Waals surface area contributed by atoms with E-state index in [1.54, 1.807) is 0 Å². The van der Waals surface area contributed by atoms with Gasteiger partial charge < -0.3 is 56.0 Å². The molecule has 11 nitrogen and oxygen atoms in total. The third kappa shape index (κ3) is 4740. The van der Waals surface area contributed by atoms with E-state index in [-0.39, 0.29) is 105 Å². The molecule has 2 radical (unpaired) electrons. The number of hydrogen-bond donors (Lipinski definition) is 0. The topological polar surface area (TPSA) is 253 Å². The van der Waals surface area contributed by atoms with Crippen molar-refractivity contribution >= 4 is 18.5 Å². The second-order valence-corrected chi connectivity index (χ2v) is 0.750. The van der Waals surface area contributed by atoms with Gasteiger partial charge in [-0.2, -0.15) is 0 Å². The van der Waals surface area contributed by atoms with Crippen LogP contribution in [0.4, 0.5) is 14.4 Å². The first-order valence-corrected chi connectivity index (χ1v) is 1.84. The van der Waals surface area contributed by atoms with E-state index in [2.05, 4.69) is 0 Å². The molecule has 13 heteroatoms. The fourth-order valence-corrected chi connectivity index (χ4v) is 0. The summed E-state index contributed by atoms with van der Waals surface area (Å²) in [5.74, 6) is 0. The van der Waals surface area contributed by atoms with Gasteiger partial charge in [0.25, 0.3) is 0 Å².